The maximum atomic E-state index is 11.4. The van der Waals surface area contributed by atoms with Gasteiger partial charge in [0.2, 0.25) is 11.9 Å². The highest BCUT2D eigenvalue weighted by molar-refractivity contribution is 5.95. The molecule has 0 bridgehead atoms. The van der Waals surface area contributed by atoms with Crippen LogP contribution >= 0.6 is 0 Å². The minimum atomic E-state index is -0.657. The third-order valence-corrected chi connectivity index (χ3v) is 2.13. The smallest absolute Gasteiger partial charge is 0.230 e. The Balaban J connectivity index is 2.33. The van der Waals surface area contributed by atoms with E-state index < -0.39 is 6.10 Å². The predicted molar refractivity (Wildman–Crippen MR) is 53.8 cm³/mol. The number of nitrogens with two attached hydrogens (primary N) is 2. The number of aliphatic hydroxyl groups is 1. The summed E-state index contributed by atoms with van der Waals surface area (Å²) in [6.07, 6.45) is -0.556. The lowest BCUT2D eigenvalue weighted by molar-refractivity contribution is -0.117. The van der Waals surface area contributed by atoms with E-state index in [1.165, 1.54) is 11.0 Å². The highest BCUT2D eigenvalue weighted by Crippen LogP contribution is 2.21. The number of aromatic nitrogens is 2. The Morgan fingerprint density at radius 1 is 1.47 bits per heavy atom. The average molecular weight is 209 g/mol. The maximum absolute atomic E-state index is 11.4. The van der Waals surface area contributed by atoms with E-state index in [1.54, 1.807) is 0 Å². The summed E-state index contributed by atoms with van der Waals surface area (Å²) < 4.78 is 0. The Morgan fingerprint density at radius 2 is 2.20 bits per heavy atom. The number of carbonyl (C=O) groups is 1. The van der Waals surface area contributed by atoms with Crippen LogP contribution in [0.4, 0.5) is 17.6 Å². The largest absolute Gasteiger partial charge is 0.391 e. The molecule has 0 saturated carbocycles. The van der Waals surface area contributed by atoms with Gasteiger partial charge in [-0.1, -0.05) is 0 Å². The van der Waals surface area contributed by atoms with Gasteiger partial charge < -0.3 is 16.6 Å². The second-order valence-electron chi connectivity index (χ2n) is 3.37. The van der Waals surface area contributed by atoms with Crippen molar-refractivity contribution in [2.45, 2.75) is 12.5 Å². The molecule has 7 nitrogen and oxygen atoms in total. The van der Waals surface area contributed by atoms with Gasteiger partial charge in [0.05, 0.1) is 19.1 Å². The van der Waals surface area contributed by atoms with Crippen molar-refractivity contribution in [3.8, 4) is 0 Å². The third-order valence-electron chi connectivity index (χ3n) is 2.13. The summed E-state index contributed by atoms with van der Waals surface area (Å²) in [5.41, 5.74) is 10.9. The first-order valence-corrected chi connectivity index (χ1v) is 4.44. The maximum Gasteiger partial charge on any atom is 0.230 e. The van der Waals surface area contributed by atoms with Crippen molar-refractivity contribution < 1.29 is 9.90 Å². The molecule has 1 saturated heterocycles. The van der Waals surface area contributed by atoms with Gasteiger partial charge in [-0.05, 0) is 0 Å². The van der Waals surface area contributed by atoms with Crippen LogP contribution in [0.3, 0.4) is 0 Å². The molecule has 1 atom stereocenters. The number of hydrogen-bond acceptors (Lipinski definition) is 6. The van der Waals surface area contributed by atoms with Gasteiger partial charge in [-0.15, -0.1) is 0 Å². The summed E-state index contributed by atoms with van der Waals surface area (Å²) >= 11 is 0. The topological polar surface area (TPSA) is 118 Å². The molecule has 0 aromatic carbocycles. The van der Waals surface area contributed by atoms with Gasteiger partial charge in [0.25, 0.3) is 0 Å². The number of rotatable bonds is 1. The molecule has 5 N–H and O–H groups in total. The molecule has 0 radical (unpaired) electrons. The molecule has 80 valence electrons. The van der Waals surface area contributed by atoms with E-state index >= 15 is 0 Å². The number of aliphatic hydroxyl groups excluding tert-OH is 1. The van der Waals surface area contributed by atoms with Crippen molar-refractivity contribution in [3.05, 3.63) is 6.07 Å². The molecule has 1 unspecified atom stereocenters. The van der Waals surface area contributed by atoms with Crippen molar-refractivity contribution in [2.75, 3.05) is 22.9 Å². The van der Waals surface area contributed by atoms with Crippen LogP contribution in [0.25, 0.3) is 0 Å². The standard InChI is InChI=1S/C8H11N5O2/c9-5-2-6(12-8(10)11-5)13-3-4(14)1-7(13)15/h2,4,14H,1,3H2,(H4,9,10,11,12). The third kappa shape index (κ3) is 1.82. The van der Waals surface area contributed by atoms with Crippen molar-refractivity contribution in [2.24, 2.45) is 0 Å². The molecule has 1 fully saturated rings. The van der Waals surface area contributed by atoms with E-state index in [2.05, 4.69) is 9.97 Å². The van der Waals surface area contributed by atoms with Crippen LogP contribution in [0.5, 0.6) is 0 Å². The lowest BCUT2D eigenvalue weighted by Gasteiger charge is -2.14. The number of hydrogen-bond donors (Lipinski definition) is 3. The van der Waals surface area contributed by atoms with E-state index in [0.29, 0.717) is 5.82 Å². The number of nitrogens with zero attached hydrogens (tertiary/aromatic N) is 3. The first kappa shape index (κ1) is 9.66. The van der Waals surface area contributed by atoms with Gasteiger partial charge in [0.15, 0.2) is 0 Å². The van der Waals surface area contributed by atoms with E-state index in [0.717, 1.165) is 0 Å². The molecule has 15 heavy (non-hydrogen) atoms. The summed E-state index contributed by atoms with van der Waals surface area (Å²) in [5, 5.41) is 9.30. The van der Waals surface area contributed by atoms with Gasteiger partial charge in [0.1, 0.15) is 11.6 Å². The number of carbonyl (C=O) groups excluding carboxylic acids is 1. The van der Waals surface area contributed by atoms with Gasteiger partial charge in [-0.25, -0.2) is 0 Å². The fraction of sp³-hybridized carbons (Fsp3) is 0.375. The van der Waals surface area contributed by atoms with E-state index in [4.69, 9.17) is 11.5 Å². The van der Waals surface area contributed by atoms with Gasteiger partial charge >= 0.3 is 0 Å². The Bertz CT molecular complexity index is 388. The molecule has 0 aliphatic carbocycles. The molecule has 1 aromatic rings. The van der Waals surface area contributed by atoms with Crippen LogP contribution in [-0.2, 0) is 4.79 Å². The number of β-amino-alcohol motifs (C(OH)–C–C–N with tert-alkyl or cyclic N) is 1. The second kappa shape index (κ2) is 3.35. The first-order chi connectivity index (χ1) is 7.06. The monoisotopic (exact) mass is 209 g/mol. The van der Waals surface area contributed by atoms with E-state index in [-0.39, 0.29) is 30.6 Å². The molecule has 1 aromatic heterocycles. The Labute approximate surface area is 85.7 Å². The van der Waals surface area contributed by atoms with Gasteiger partial charge in [-0.2, -0.15) is 9.97 Å². The number of nitrogen functional groups attached to an aromatic ring is 2. The molecule has 0 spiro atoms. The molecule has 7 heteroatoms. The minimum absolute atomic E-state index is 0.0131. The number of amides is 1. The normalized spacial score (nSPS) is 21.0. The zero-order valence-electron chi connectivity index (χ0n) is 7.92. The lowest BCUT2D eigenvalue weighted by atomic mass is 10.3. The van der Waals surface area contributed by atoms with Crippen LogP contribution in [-0.4, -0.2) is 33.6 Å². The average Bonchev–Trinajstić information content (AvgIpc) is 2.43. The van der Waals surface area contributed by atoms with Crippen molar-refractivity contribution in [3.63, 3.8) is 0 Å². The fourth-order valence-electron chi connectivity index (χ4n) is 1.52. The summed E-state index contributed by atoms with van der Waals surface area (Å²) in [7, 11) is 0. The predicted octanol–water partition coefficient (Wildman–Crippen LogP) is -1.26. The van der Waals surface area contributed by atoms with Crippen LogP contribution in [0.2, 0.25) is 0 Å². The van der Waals surface area contributed by atoms with Crippen molar-refractivity contribution >= 4 is 23.5 Å². The molecule has 1 amide bonds. The summed E-state index contributed by atoms with van der Waals surface area (Å²) in [5.74, 6) is 0.354. The van der Waals surface area contributed by atoms with E-state index in [9.17, 15) is 9.90 Å². The quantitative estimate of drug-likeness (QED) is 0.531. The van der Waals surface area contributed by atoms with Crippen LogP contribution in [0.15, 0.2) is 6.07 Å². The zero-order valence-corrected chi connectivity index (χ0v) is 7.92. The van der Waals surface area contributed by atoms with Crippen molar-refractivity contribution in [1.29, 1.82) is 0 Å². The van der Waals surface area contributed by atoms with E-state index in [1.807, 2.05) is 0 Å². The van der Waals surface area contributed by atoms with Gasteiger partial charge in [-0.3, -0.25) is 9.69 Å². The molecule has 2 rings (SSSR count). The highest BCUT2D eigenvalue weighted by Gasteiger charge is 2.30. The molecular weight excluding hydrogens is 198 g/mol. The molecule has 1 aliphatic heterocycles. The zero-order chi connectivity index (χ0) is 11.0. The molecule has 1 aliphatic rings. The van der Waals surface area contributed by atoms with Crippen LogP contribution in [0.1, 0.15) is 6.42 Å². The lowest BCUT2D eigenvalue weighted by Crippen LogP contribution is -2.26. The number of anilines is 3. The Hall–Kier alpha value is -1.89. The highest BCUT2D eigenvalue weighted by atomic mass is 16.3. The first-order valence-electron chi connectivity index (χ1n) is 4.44. The minimum Gasteiger partial charge on any atom is -0.391 e. The Kier molecular flexibility index (Phi) is 2.16. The SMILES string of the molecule is Nc1cc(N2CC(O)CC2=O)nc(N)n1. The van der Waals surface area contributed by atoms with Gasteiger partial charge in [0, 0.05) is 6.07 Å². The van der Waals surface area contributed by atoms with Crippen molar-refractivity contribution in [1.82, 2.24) is 9.97 Å². The fourth-order valence-corrected chi connectivity index (χ4v) is 1.52. The van der Waals surface area contributed by atoms with Crippen LogP contribution < -0.4 is 16.4 Å². The molecular formula is C8H11N5O2. The van der Waals surface area contributed by atoms with Crippen LogP contribution in [0, 0.1) is 0 Å². The summed E-state index contributed by atoms with van der Waals surface area (Å²) in [6.45, 7) is 0.217. The summed E-state index contributed by atoms with van der Waals surface area (Å²) in [6, 6.07) is 1.45. The summed E-state index contributed by atoms with van der Waals surface area (Å²) in [4.78, 5) is 20.4. The second-order valence-corrected chi connectivity index (χ2v) is 3.37. The Morgan fingerprint density at radius 3 is 2.73 bits per heavy atom. The molecule has 2 heterocycles.